The van der Waals surface area contributed by atoms with E-state index in [0.717, 1.165) is 50.6 Å². The quantitative estimate of drug-likeness (QED) is 0.879. The van der Waals surface area contributed by atoms with Gasteiger partial charge in [-0.15, -0.1) is 0 Å². The van der Waals surface area contributed by atoms with E-state index in [4.69, 9.17) is 4.74 Å². The van der Waals surface area contributed by atoms with Crippen LogP contribution < -0.4 is 15.0 Å². The van der Waals surface area contributed by atoms with Crippen LogP contribution in [0.15, 0.2) is 18.2 Å². The molecule has 1 aliphatic carbocycles. The number of aromatic nitrogens is 2. The van der Waals surface area contributed by atoms with Gasteiger partial charge in [0, 0.05) is 37.3 Å². The SMILES string of the molecule is COc1ccc2c(c1)-c1[nH]nc(N3CCNCC3)c1CC2. The Morgan fingerprint density at radius 3 is 2.86 bits per heavy atom. The fourth-order valence-corrected chi connectivity index (χ4v) is 3.35. The van der Waals surface area contributed by atoms with E-state index >= 15 is 0 Å². The maximum Gasteiger partial charge on any atom is 0.154 e. The number of aromatic amines is 1. The number of ether oxygens (including phenoxy) is 1. The van der Waals surface area contributed by atoms with E-state index < -0.39 is 0 Å². The van der Waals surface area contributed by atoms with Crippen LogP contribution in [0.5, 0.6) is 5.75 Å². The first-order valence-electron chi connectivity index (χ1n) is 7.57. The Morgan fingerprint density at radius 1 is 1.19 bits per heavy atom. The lowest BCUT2D eigenvalue weighted by atomic mass is 9.89. The smallest absolute Gasteiger partial charge is 0.154 e. The molecule has 0 unspecified atom stereocenters. The van der Waals surface area contributed by atoms with Gasteiger partial charge in [-0.25, -0.2) is 0 Å². The van der Waals surface area contributed by atoms with Crippen molar-refractivity contribution in [1.82, 2.24) is 15.5 Å². The summed E-state index contributed by atoms with van der Waals surface area (Å²) in [6.07, 6.45) is 2.13. The third-order valence-electron chi connectivity index (χ3n) is 4.49. The van der Waals surface area contributed by atoms with E-state index in [0.29, 0.717) is 0 Å². The number of anilines is 1. The summed E-state index contributed by atoms with van der Waals surface area (Å²) in [4.78, 5) is 2.39. The maximum atomic E-state index is 5.37. The molecule has 0 spiro atoms. The Bertz CT molecular complexity index is 658. The number of methoxy groups -OCH3 is 1. The van der Waals surface area contributed by atoms with Crippen molar-refractivity contribution in [2.75, 3.05) is 38.2 Å². The average molecular weight is 284 g/mol. The lowest BCUT2D eigenvalue weighted by Crippen LogP contribution is -2.44. The summed E-state index contributed by atoms with van der Waals surface area (Å²) in [5, 5.41) is 11.3. The third-order valence-corrected chi connectivity index (χ3v) is 4.49. The molecule has 2 heterocycles. The molecule has 0 saturated carbocycles. The van der Waals surface area contributed by atoms with Crippen LogP contribution in [0.4, 0.5) is 5.82 Å². The Hall–Kier alpha value is -2.01. The molecular formula is C16H20N4O. The molecule has 1 fully saturated rings. The molecule has 5 nitrogen and oxygen atoms in total. The van der Waals surface area contributed by atoms with Gasteiger partial charge in [0.2, 0.25) is 0 Å². The van der Waals surface area contributed by atoms with E-state index in [1.165, 1.54) is 22.4 Å². The summed E-state index contributed by atoms with van der Waals surface area (Å²) in [7, 11) is 1.71. The van der Waals surface area contributed by atoms with Gasteiger partial charge in [0.25, 0.3) is 0 Å². The number of nitrogens with one attached hydrogen (secondary N) is 2. The third kappa shape index (κ3) is 2.08. The van der Waals surface area contributed by atoms with Crippen molar-refractivity contribution in [3.05, 3.63) is 29.3 Å². The van der Waals surface area contributed by atoms with Gasteiger partial charge in [-0.1, -0.05) is 6.07 Å². The first-order chi connectivity index (χ1) is 10.4. The van der Waals surface area contributed by atoms with Gasteiger partial charge in [-0.05, 0) is 30.5 Å². The van der Waals surface area contributed by atoms with Crippen LogP contribution in [-0.4, -0.2) is 43.5 Å². The number of piperazine rings is 1. The average Bonchev–Trinajstić information content (AvgIpc) is 2.99. The number of benzene rings is 1. The molecule has 110 valence electrons. The second-order valence-electron chi connectivity index (χ2n) is 5.66. The Kier molecular flexibility index (Phi) is 3.07. The van der Waals surface area contributed by atoms with E-state index in [2.05, 4.69) is 32.5 Å². The predicted molar refractivity (Wildman–Crippen MR) is 83.1 cm³/mol. The van der Waals surface area contributed by atoms with E-state index in [1.807, 2.05) is 6.07 Å². The number of hydrogen-bond donors (Lipinski definition) is 2. The van der Waals surface area contributed by atoms with Crippen LogP contribution in [0.25, 0.3) is 11.3 Å². The second kappa shape index (κ2) is 5.07. The first-order valence-corrected chi connectivity index (χ1v) is 7.57. The van der Waals surface area contributed by atoms with Crippen molar-refractivity contribution in [3.8, 4) is 17.0 Å². The lowest BCUT2D eigenvalue weighted by molar-refractivity contribution is 0.415. The molecule has 0 amide bonds. The molecule has 5 heteroatoms. The molecule has 4 rings (SSSR count). The first kappa shape index (κ1) is 12.7. The molecule has 1 aromatic carbocycles. The highest BCUT2D eigenvalue weighted by atomic mass is 16.5. The summed E-state index contributed by atoms with van der Waals surface area (Å²) in [6, 6.07) is 6.33. The zero-order chi connectivity index (χ0) is 14.2. The highest BCUT2D eigenvalue weighted by molar-refractivity contribution is 5.75. The van der Waals surface area contributed by atoms with Gasteiger partial charge >= 0.3 is 0 Å². The molecule has 0 bridgehead atoms. The summed E-state index contributed by atoms with van der Waals surface area (Å²) in [5.74, 6) is 2.04. The molecular weight excluding hydrogens is 264 g/mol. The number of rotatable bonds is 2. The molecule has 2 aromatic rings. The largest absolute Gasteiger partial charge is 0.497 e. The molecule has 1 aromatic heterocycles. The van der Waals surface area contributed by atoms with Crippen molar-refractivity contribution >= 4 is 5.82 Å². The van der Waals surface area contributed by atoms with Crippen molar-refractivity contribution in [2.45, 2.75) is 12.8 Å². The summed E-state index contributed by atoms with van der Waals surface area (Å²) in [5.41, 5.74) is 5.14. The van der Waals surface area contributed by atoms with Crippen LogP contribution in [0.2, 0.25) is 0 Å². The van der Waals surface area contributed by atoms with Crippen LogP contribution in [0, 0.1) is 0 Å². The maximum absolute atomic E-state index is 5.37. The van der Waals surface area contributed by atoms with Gasteiger partial charge < -0.3 is 15.0 Å². The molecule has 2 aliphatic rings. The molecule has 1 saturated heterocycles. The van der Waals surface area contributed by atoms with E-state index in [1.54, 1.807) is 7.11 Å². The zero-order valence-electron chi connectivity index (χ0n) is 12.3. The van der Waals surface area contributed by atoms with Crippen LogP contribution in [0.1, 0.15) is 11.1 Å². The fraction of sp³-hybridized carbons (Fsp3) is 0.438. The minimum absolute atomic E-state index is 0.903. The van der Waals surface area contributed by atoms with Gasteiger partial charge in [-0.2, -0.15) is 5.10 Å². The van der Waals surface area contributed by atoms with E-state index in [-0.39, 0.29) is 0 Å². The zero-order valence-corrected chi connectivity index (χ0v) is 12.3. The number of hydrogen-bond acceptors (Lipinski definition) is 4. The van der Waals surface area contributed by atoms with Crippen molar-refractivity contribution in [3.63, 3.8) is 0 Å². The molecule has 21 heavy (non-hydrogen) atoms. The normalized spacial score (nSPS) is 17.3. The minimum Gasteiger partial charge on any atom is -0.497 e. The Balaban J connectivity index is 1.76. The number of fused-ring (bicyclic) bond motifs is 3. The molecule has 0 atom stereocenters. The van der Waals surface area contributed by atoms with Crippen molar-refractivity contribution < 1.29 is 4.74 Å². The topological polar surface area (TPSA) is 53.2 Å². The highest BCUT2D eigenvalue weighted by Crippen LogP contribution is 2.38. The number of H-pyrrole nitrogens is 1. The Morgan fingerprint density at radius 2 is 2.05 bits per heavy atom. The Labute approximate surface area is 124 Å². The molecule has 0 radical (unpaired) electrons. The van der Waals surface area contributed by atoms with Crippen molar-refractivity contribution in [1.29, 1.82) is 0 Å². The molecule has 1 aliphatic heterocycles. The van der Waals surface area contributed by atoms with Gasteiger partial charge in [-0.3, -0.25) is 5.10 Å². The summed E-state index contributed by atoms with van der Waals surface area (Å²) >= 11 is 0. The highest BCUT2D eigenvalue weighted by Gasteiger charge is 2.25. The number of aryl methyl sites for hydroxylation is 1. The van der Waals surface area contributed by atoms with Gasteiger partial charge in [0.05, 0.1) is 12.8 Å². The van der Waals surface area contributed by atoms with Gasteiger partial charge in [0.1, 0.15) is 5.75 Å². The van der Waals surface area contributed by atoms with E-state index in [9.17, 15) is 0 Å². The van der Waals surface area contributed by atoms with Crippen LogP contribution >= 0.6 is 0 Å². The predicted octanol–water partition coefficient (Wildman–Crippen LogP) is 1.59. The second-order valence-corrected chi connectivity index (χ2v) is 5.66. The monoisotopic (exact) mass is 284 g/mol. The minimum atomic E-state index is 0.903. The summed E-state index contributed by atoms with van der Waals surface area (Å²) < 4.78 is 5.37. The van der Waals surface area contributed by atoms with Crippen LogP contribution in [-0.2, 0) is 12.8 Å². The lowest BCUT2D eigenvalue weighted by Gasteiger charge is -2.29. The molecule has 2 N–H and O–H groups in total. The van der Waals surface area contributed by atoms with Crippen molar-refractivity contribution in [2.24, 2.45) is 0 Å². The standard InChI is InChI=1S/C16H20N4O/c1-21-12-4-2-11-3-5-13-15(14(11)10-12)18-19-16(13)20-8-6-17-7-9-20/h2,4,10,17H,3,5-9H2,1H3,(H,18,19). The summed E-state index contributed by atoms with van der Waals surface area (Å²) in [6.45, 7) is 4.13. The fourth-order valence-electron chi connectivity index (χ4n) is 3.35. The van der Waals surface area contributed by atoms with Gasteiger partial charge in [0.15, 0.2) is 5.82 Å². The van der Waals surface area contributed by atoms with Crippen LogP contribution in [0.3, 0.4) is 0 Å². The number of nitrogens with zero attached hydrogens (tertiary/aromatic N) is 2.